The molecule has 3 aromatic heterocycles. The van der Waals surface area contributed by atoms with Gasteiger partial charge in [-0.2, -0.15) is 0 Å². The normalized spacial score (nSPS) is 11.1. The minimum atomic E-state index is 0.752. The second-order valence-electron chi connectivity index (χ2n) is 8.08. The lowest BCUT2D eigenvalue weighted by Gasteiger charge is -2.12. The van der Waals surface area contributed by atoms with Gasteiger partial charge in [0.25, 0.3) is 0 Å². The van der Waals surface area contributed by atoms with Crippen LogP contribution in [0.4, 0.5) is 0 Å². The summed E-state index contributed by atoms with van der Waals surface area (Å²) in [5, 5.41) is 0. The minimum Gasteiger partial charge on any atom is -0.339 e. The first kappa shape index (κ1) is 23.7. The molecule has 31 heavy (non-hydrogen) atoms. The van der Waals surface area contributed by atoms with Crippen LogP contribution in [-0.2, 0) is 6.54 Å². The summed E-state index contributed by atoms with van der Waals surface area (Å²) in [4.78, 5) is 26.0. The fourth-order valence-corrected chi connectivity index (χ4v) is 5.72. The number of rotatable bonds is 15. The van der Waals surface area contributed by atoms with Crippen molar-refractivity contribution in [2.24, 2.45) is 0 Å². The number of thiophene rings is 2. The van der Waals surface area contributed by atoms with Crippen LogP contribution in [0.5, 0.6) is 0 Å². The monoisotopic (exact) mass is 455 g/mol. The Bertz CT molecular complexity index is 887. The topological polar surface area (TPSA) is 39.1 Å². The largest absolute Gasteiger partial charge is 0.339 e. The molecule has 0 aliphatic rings. The van der Waals surface area contributed by atoms with E-state index < -0.39 is 0 Å². The molecule has 0 spiro atoms. The number of aromatic nitrogens is 1. The van der Waals surface area contributed by atoms with Gasteiger partial charge >= 0.3 is 0 Å². The Balaban J connectivity index is 1.61. The molecule has 3 heterocycles. The quantitative estimate of drug-likeness (QED) is 0.170. The average Bonchev–Trinajstić information content (AvgIpc) is 3.53. The van der Waals surface area contributed by atoms with Gasteiger partial charge in [-0.1, -0.05) is 64.7 Å². The SMILES string of the molecule is CCCCCCCCCCCCn1c(-c2ccc(C=O)s2)ccc1-c1ccc(C=O)s1. The summed E-state index contributed by atoms with van der Waals surface area (Å²) in [6, 6.07) is 12.1. The van der Waals surface area contributed by atoms with E-state index in [0.717, 1.165) is 56.4 Å². The molecule has 0 N–H and O–H groups in total. The number of unbranched alkanes of at least 4 members (excludes halogenated alkanes) is 9. The van der Waals surface area contributed by atoms with Crippen LogP contribution in [0.1, 0.15) is 90.5 Å². The molecule has 0 radical (unpaired) electrons. The zero-order valence-corrected chi connectivity index (χ0v) is 20.1. The first-order valence-corrected chi connectivity index (χ1v) is 13.2. The highest BCUT2D eigenvalue weighted by atomic mass is 32.1. The van der Waals surface area contributed by atoms with Gasteiger partial charge in [0.05, 0.1) is 30.9 Å². The third kappa shape index (κ3) is 6.75. The van der Waals surface area contributed by atoms with Crippen molar-refractivity contribution in [3.05, 3.63) is 46.2 Å². The Morgan fingerprint density at radius 3 is 1.52 bits per heavy atom. The summed E-state index contributed by atoms with van der Waals surface area (Å²) < 4.78 is 2.37. The standard InChI is InChI=1S/C26H33NO2S2/c1-2-3-4-5-6-7-8-9-10-11-18-27-23(25-16-12-21(19-28)30-25)14-15-24(27)26-17-13-22(20-29)31-26/h12-17,19-20H,2-11,18H2,1H3. The molecule has 166 valence electrons. The van der Waals surface area contributed by atoms with Crippen molar-refractivity contribution in [3.63, 3.8) is 0 Å². The lowest BCUT2D eigenvalue weighted by atomic mass is 10.1. The van der Waals surface area contributed by atoms with Gasteiger partial charge in [-0.05, 0) is 42.8 Å². The van der Waals surface area contributed by atoms with Crippen molar-refractivity contribution in [2.75, 3.05) is 0 Å². The van der Waals surface area contributed by atoms with Crippen molar-refractivity contribution >= 4 is 35.2 Å². The molecule has 0 amide bonds. The molecule has 0 aliphatic carbocycles. The van der Waals surface area contributed by atoms with Gasteiger partial charge in [-0.25, -0.2) is 0 Å². The van der Waals surface area contributed by atoms with Crippen LogP contribution in [0.15, 0.2) is 36.4 Å². The molecule has 3 aromatic rings. The lowest BCUT2D eigenvalue weighted by molar-refractivity contribution is 0.111. The van der Waals surface area contributed by atoms with Crippen LogP contribution in [-0.4, -0.2) is 17.1 Å². The van der Waals surface area contributed by atoms with Crippen molar-refractivity contribution in [2.45, 2.75) is 77.7 Å². The predicted octanol–water partition coefficient (Wildman–Crippen LogP) is 8.49. The first-order valence-electron chi connectivity index (χ1n) is 11.6. The molecule has 0 saturated heterocycles. The highest BCUT2D eigenvalue weighted by Gasteiger charge is 2.15. The zero-order chi connectivity index (χ0) is 21.9. The maximum atomic E-state index is 11.1. The first-order chi connectivity index (χ1) is 15.3. The highest BCUT2D eigenvalue weighted by Crippen LogP contribution is 2.35. The Kier molecular flexibility index (Phi) is 9.76. The zero-order valence-electron chi connectivity index (χ0n) is 18.5. The fraction of sp³-hybridized carbons (Fsp3) is 0.462. The Hall–Kier alpha value is -1.98. The Morgan fingerprint density at radius 2 is 1.10 bits per heavy atom. The summed E-state index contributed by atoms with van der Waals surface area (Å²) in [5.41, 5.74) is 2.31. The van der Waals surface area contributed by atoms with E-state index in [-0.39, 0.29) is 0 Å². The van der Waals surface area contributed by atoms with Crippen LogP contribution in [0.25, 0.3) is 21.1 Å². The molecule has 0 bridgehead atoms. The van der Waals surface area contributed by atoms with Crippen LogP contribution in [0.2, 0.25) is 0 Å². The number of nitrogens with zero attached hydrogens (tertiary/aromatic N) is 1. The molecule has 0 aromatic carbocycles. The van der Waals surface area contributed by atoms with E-state index in [9.17, 15) is 9.59 Å². The maximum absolute atomic E-state index is 11.1. The second kappa shape index (κ2) is 12.8. The van der Waals surface area contributed by atoms with Crippen molar-refractivity contribution in [3.8, 4) is 21.1 Å². The Morgan fingerprint density at radius 1 is 0.645 bits per heavy atom. The molecule has 0 unspecified atom stereocenters. The van der Waals surface area contributed by atoms with Gasteiger partial charge in [0.2, 0.25) is 0 Å². The molecular formula is C26H33NO2S2. The summed E-state index contributed by atoms with van der Waals surface area (Å²) in [7, 11) is 0. The van der Waals surface area contributed by atoms with E-state index >= 15 is 0 Å². The minimum absolute atomic E-state index is 0.752. The van der Waals surface area contributed by atoms with Crippen LogP contribution in [0, 0.1) is 0 Å². The van der Waals surface area contributed by atoms with E-state index in [1.54, 1.807) is 0 Å². The van der Waals surface area contributed by atoms with Gasteiger partial charge in [-0.15, -0.1) is 22.7 Å². The third-order valence-electron chi connectivity index (χ3n) is 5.71. The van der Waals surface area contributed by atoms with E-state index in [2.05, 4.69) is 23.6 Å². The molecule has 5 heteroatoms. The number of carbonyl (C=O) groups excluding carboxylic acids is 2. The van der Waals surface area contributed by atoms with Crippen molar-refractivity contribution in [1.82, 2.24) is 4.57 Å². The van der Waals surface area contributed by atoms with Gasteiger partial charge in [-0.3, -0.25) is 9.59 Å². The molecule has 3 nitrogen and oxygen atoms in total. The summed E-state index contributed by atoms with van der Waals surface area (Å²) >= 11 is 3.07. The smallest absolute Gasteiger partial charge is 0.160 e. The molecule has 0 aliphatic heterocycles. The van der Waals surface area contributed by atoms with Crippen molar-refractivity contribution < 1.29 is 9.59 Å². The molecule has 0 fully saturated rings. The van der Waals surface area contributed by atoms with Crippen molar-refractivity contribution in [1.29, 1.82) is 0 Å². The summed E-state index contributed by atoms with van der Waals surface area (Å²) in [5.74, 6) is 0. The van der Waals surface area contributed by atoms with E-state index in [1.165, 1.54) is 80.5 Å². The van der Waals surface area contributed by atoms with Gasteiger partial charge in [0.15, 0.2) is 12.6 Å². The third-order valence-corrected chi connectivity index (χ3v) is 7.77. The molecular weight excluding hydrogens is 422 g/mol. The van der Waals surface area contributed by atoms with Gasteiger partial charge in [0, 0.05) is 6.54 Å². The van der Waals surface area contributed by atoms with Crippen LogP contribution < -0.4 is 0 Å². The second-order valence-corrected chi connectivity index (χ2v) is 10.3. The van der Waals surface area contributed by atoms with Gasteiger partial charge < -0.3 is 4.57 Å². The van der Waals surface area contributed by atoms with E-state index in [4.69, 9.17) is 0 Å². The summed E-state index contributed by atoms with van der Waals surface area (Å²) in [6.07, 6.45) is 15.0. The predicted molar refractivity (Wildman–Crippen MR) is 134 cm³/mol. The summed E-state index contributed by atoms with van der Waals surface area (Å²) in [6.45, 7) is 3.22. The van der Waals surface area contributed by atoms with E-state index in [0.29, 0.717) is 0 Å². The van der Waals surface area contributed by atoms with Crippen LogP contribution in [0.3, 0.4) is 0 Å². The fourth-order valence-electron chi connectivity index (χ4n) is 4.00. The number of carbonyl (C=O) groups is 2. The molecule has 0 atom stereocenters. The number of aldehydes is 2. The maximum Gasteiger partial charge on any atom is 0.160 e. The van der Waals surface area contributed by atoms with Gasteiger partial charge in [0.1, 0.15) is 0 Å². The average molecular weight is 456 g/mol. The number of hydrogen-bond acceptors (Lipinski definition) is 4. The highest BCUT2D eigenvalue weighted by molar-refractivity contribution is 7.17. The number of hydrogen-bond donors (Lipinski definition) is 0. The molecule has 3 rings (SSSR count). The van der Waals surface area contributed by atoms with Crippen LogP contribution >= 0.6 is 22.7 Å². The Labute approximate surface area is 194 Å². The lowest BCUT2D eigenvalue weighted by Crippen LogP contribution is -2.01. The molecule has 0 saturated carbocycles. The van der Waals surface area contributed by atoms with E-state index in [1.807, 2.05) is 24.3 Å².